The van der Waals surface area contributed by atoms with Crippen LogP contribution in [0.2, 0.25) is 0 Å². The van der Waals surface area contributed by atoms with Crippen molar-refractivity contribution in [3.63, 3.8) is 0 Å². The molecule has 5 heteroatoms. The van der Waals surface area contributed by atoms with E-state index in [9.17, 15) is 9.70 Å². The average molecular weight is 170 g/mol. The van der Waals surface area contributed by atoms with E-state index in [-0.39, 0.29) is 5.88 Å². The van der Waals surface area contributed by atoms with Crippen molar-refractivity contribution in [3.8, 4) is 0 Å². The summed E-state index contributed by atoms with van der Waals surface area (Å²) >= 11 is 0. The number of hydrogen-bond donors (Lipinski definition) is 1. The molecule has 0 saturated heterocycles. The molecule has 1 N–H and O–H groups in total. The lowest BCUT2D eigenvalue weighted by Gasteiger charge is -2.09. The van der Waals surface area contributed by atoms with Crippen LogP contribution in [-0.2, 0) is 0 Å². The maximum absolute atomic E-state index is 10.5. The zero-order valence-electron chi connectivity index (χ0n) is 6.89. The Balaban J connectivity index is 4.37. The lowest BCUT2D eigenvalue weighted by atomic mass is 10.5. The van der Waals surface area contributed by atoms with E-state index >= 15 is 0 Å². The van der Waals surface area contributed by atoms with Gasteiger partial charge in [0.2, 0.25) is 0 Å². The number of urea groups is 1. The maximum atomic E-state index is 10.5. The third-order valence-electron chi connectivity index (χ3n) is 1.15. The Bertz CT molecular complexity index is 233. The lowest BCUT2D eigenvalue weighted by Crippen LogP contribution is -2.22. The Kier molecular flexibility index (Phi) is 4.36. The summed E-state index contributed by atoms with van der Waals surface area (Å²) in [6.07, 6.45) is 4.48. The second-order valence-electron chi connectivity index (χ2n) is 1.98. The fourth-order valence-corrected chi connectivity index (χ4v) is 0.453. The molecule has 0 saturated carbocycles. The molecule has 0 aliphatic heterocycles. The maximum Gasteiger partial charge on any atom is 0.387 e. The summed E-state index contributed by atoms with van der Waals surface area (Å²) in [5, 5.41) is 11.2. The van der Waals surface area contributed by atoms with Gasteiger partial charge in [-0.25, -0.2) is 4.79 Å². The molecule has 66 valence electrons. The van der Waals surface area contributed by atoms with Gasteiger partial charge >= 0.3 is 6.03 Å². The largest absolute Gasteiger partial charge is 0.494 e. The van der Waals surface area contributed by atoms with Gasteiger partial charge in [-0.1, -0.05) is 12.2 Å². The third kappa shape index (κ3) is 2.96. The van der Waals surface area contributed by atoms with Crippen LogP contribution < -0.4 is 0 Å². The number of aliphatic hydroxyl groups is 1. The molecule has 0 rings (SSSR count). The van der Waals surface area contributed by atoms with E-state index < -0.39 is 6.03 Å². The Morgan fingerprint density at radius 3 is 2.58 bits per heavy atom. The van der Waals surface area contributed by atoms with E-state index in [0.29, 0.717) is 0 Å². The first-order chi connectivity index (χ1) is 5.63. The minimum absolute atomic E-state index is 0.322. The second kappa shape index (κ2) is 5.06. The smallest absolute Gasteiger partial charge is 0.387 e. The fraction of sp³-hybridized carbons (Fsp3) is 0.286. The van der Waals surface area contributed by atoms with E-state index in [4.69, 9.17) is 5.11 Å². The van der Waals surface area contributed by atoms with Crippen LogP contribution in [-0.4, -0.2) is 23.1 Å². The van der Waals surface area contributed by atoms with Crippen LogP contribution >= 0.6 is 0 Å². The number of amides is 2. The zero-order valence-corrected chi connectivity index (χ0v) is 6.89. The van der Waals surface area contributed by atoms with Crippen molar-refractivity contribution in [2.24, 2.45) is 5.18 Å². The van der Waals surface area contributed by atoms with E-state index in [2.05, 4.69) is 5.18 Å². The summed E-state index contributed by atoms with van der Waals surface area (Å²) in [4.78, 5) is 21.0. The summed E-state index contributed by atoms with van der Waals surface area (Å²) in [6.45, 7) is 1.75. The van der Waals surface area contributed by atoms with Crippen molar-refractivity contribution >= 4 is 6.03 Å². The molecular formula is C7H10N2O3. The first kappa shape index (κ1) is 10.3. The van der Waals surface area contributed by atoms with E-state index in [1.54, 1.807) is 13.0 Å². The van der Waals surface area contributed by atoms with Gasteiger partial charge in [0, 0.05) is 12.2 Å². The van der Waals surface area contributed by atoms with Crippen molar-refractivity contribution in [2.75, 3.05) is 7.05 Å². The Morgan fingerprint density at radius 1 is 1.58 bits per heavy atom. The van der Waals surface area contributed by atoms with E-state index in [1.165, 1.54) is 19.2 Å². The van der Waals surface area contributed by atoms with Crippen LogP contribution in [0, 0.1) is 4.91 Å². The Hall–Kier alpha value is -1.65. The molecule has 0 fully saturated rings. The summed E-state index contributed by atoms with van der Waals surface area (Å²) in [7, 11) is 1.25. The Morgan fingerprint density at radius 2 is 2.17 bits per heavy atom. The highest BCUT2D eigenvalue weighted by atomic mass is 16.3. The molecule has 0 spiro atoms. The monoisotopic (exact) mass is 170 g/mol. The van der Waals surface area contributed by atoms with E-state index in [1.807, 2.05) is 0 Å². The molecule has 0 aromatic heterocycles. The van der Waals surface area contributed by atoms with Gasteiger partial charge in [0.25, 0.3) is 0 Å². The Labute approximate surface area is 70.0 Å². The fourth-order valence-electron chi connectivity index (χ4n) is 0.453. The average Bonchev–Trinajstić information content (AvgIpc) is 2.11. The minimum Gasteiger partial charge on any atom is -0.494 e. The summed E-state index contributed by atoms with van der Waals surface area (Å²) in [5.74, 6) is -0.322. The van der Waals surface area contributed by atoms with Crippen molar-refractivity contribution in [1.29, 1.82) is 0 Å². The highest BCUT2D eigenvalue weighted by molar-refractivity contribution is 5.76. The summed E-state index contributed by atoms with van der Waals surface area (Å²) in [6, 6.07) is -1.03. The number of rotatable bonds is 2. The molecule has 0 aliphatic rings. The number of nitroso groups, excluding NO2 is 1. The molecule has 2 amide bonds. The number of aliphatic hydroxyl groups excluding tert-OH is 1. The molecule has 12 heavy (non-hydrogen) atoms. The molecule has 5 nitrogen and oxygen atoms in total. The lowest BCUT2D eigenvalue weighted by molar-refractivity contribution is 0.201. The van der Waals surface area contributed by atoms with Crippen LogP contribution in [0.4, 0.5) is 4.79 Å². The molecule has 0 bridgehead atoms. The molecule has 0 aromatic rings. The SMILES string of the molecule is C/C=C\C=C(\O)N(C)C(=O)N=O. The molecule has 0 atom stereocenters. The molecular weight excluding hydrogens is 160 g/mol. The quantitative estimate of drug-likeness (QED) is 0.390. The minimum atomic E-state index is -1.03. The first-order valence-corrected chi connectivity index (χ1v) is 3.26. The highest BCUT2D eigenvalue weighted by Crippen LogP contribution is 1.99. The van der Waals surface area contributed by atoms with Gasteiger partial charge in [0.05, 0.1) is 0 Å². The van der Waals surface area contributed by atoms with Crippen LogP contribution in [0.15, 0.2) is 29.3 Å². The highest BCUT2D eigenvalue weighted by Gasteiger charge is 2.10. The molecule has 0 unspecified atom stereocenters. The molecule has 0 aliphatic carbocycles. The number of nitrogens with zero attached hydrogens (tertiary/aromatic N) is 2. The molecule has 0 aromatic carbocycles. The molecule has 0 radical (unpaired) electrons. The van der Waals surface area contributed by atoms with E-state index in [0.717, 1.165) is 4.90 Å². The first-order valence-electron chi connectivity index (χ1n) is 3.26. The van der Waals surface area contributed by atoms with Crippen molar-refractivity contribution in [1.82, 2.24) is 4.90 Å². The van der Waals surface area contributed by atoms with Gasteiger partial charge in [-0.15, -0.1) is 4.91 Å². The van der Waals surface area contributed by atoms with Crippen LogP contribution in [0.1, 0.15) is 6.92 Å². The van der Waals surface area contributed by atoms with Gasteiger partial charge in [0.15, 0.2) is 5.88 Å². The van der Waals surface area contributed by atoms with Crippen molar-refractivity contribution < 1.29 is 9.90 Å². The normalized spacial score (nSPS) is 11.7. The predicted octanol–water partition coefficient (Wildman–Crippen LogP) is 1.78. The van der Waals surface area contributed by atoms with Crippen LogP contribution in [0.3, 0.4) is 0 Å². The standard InChI is InChI=1S/C7H10N2O3/c1-3-4-5-6(10)9(2)7(11)8-12/h3-5,10H,1-2H3/b4-3-,6-5+. The number of carbonyl (C=O) groups is 1. The van der Waals surface area contributed by atoms with Crippen molar-refractivity contribution in [3.05, 3.63) is 29.0 Å². The van der Waals surface area contributed by atoms with Gasteiger partial charge < -0.3 is 5.11 Å². The number of carbonyl (C=O) groups excluding carboxylic acids is 1. The van der Waals surface area contributed by atoms with Crippen molar-refractivity contribution in [2.45, 2.75) is 6.92 Å². The van der Waals surface area contributed by atoms with Crippen LogP contribution in [0.25, 0.3) is 0 Å². The van der Waals surface area contributed by atoms with Crippen LogP contribution in [0.5, 0.6) is 0 Å². The number of hydrogen-bond acceptors (Lipinski definition) is 3. The summed E-state index contributed by atoms with van der Waals surface area (Å²) in [5.41, 5.74) is 0. The van der Waals surface area contributed by atoms with Gasteiger partial charge in [-0.2, -0.15) is 0 Å². The van der Waals surface area contributed by atoms with Gasteiger partial charge in [-0.05, 0) is 13.0 Å². The molecule has 0 heterocycles. The second-order valence-corrected chi connectivity index (χ2v) is 1.98. The van der Waals surface area contributed by atoms with Gasteiger partial charge in [-0.3, -0.25) is 4.90 Å². The predicted molar refractivity (Wildman–Crippen MR) is 44.5 cm³/mol. The third-order valence-corrected chi connectivity index (χ3v) is 1.15. The zero-order chi connectivity index (χ0) is 9.56. The number of allylic oxidation sites excluding steroid dienone is 3. The summed E-state index contributed by atoms with van der Waals surface area (Å²) < 4.78 is 0. The topological polar surface area (TPSA) is 70.0 Å². The van der Waals surface area contributed by atoms with Gasteiger partial charge in [0.1, 0.15) is 0 Å².